The molecule has 0 aliphatic carbocycles. The van der Waals surface area contributed by atoms with Gasteiger partial charge in [-0.3, -0.25) is 4.90 Å². The fraction of sp³-hybridized carbons (Fsp3) is 0.500. The Labute approximate surface area is 206 Å². The number of benzene rings is 2. The van der Waals surface area contributed by atoms with Crippen LogP contribution in [-0.4, -0.2) is 23.3 Å². The number of carbonyl (C=O) groups is 1. The highest BCUT2D eigenvalue weighted by atomic mass is 16.6. The van der Waals surface area contributed by atoms with Crippen LogP contribution in [0.4, 0.5) is 10.5 Å². The quantitative estimate of drug-likeness (QED) is 0.291. The van der Waals surface area contributed by atoms with Crippen molar-refractivity contribution in [2.45, 2.75) is 91.6 Å². The molecule has 0 aliphatic heterocycles. The average molecular weight is 464 g/mol. The average Bonchev–Trinajstić information content (AvgIpc) is 2.78. The number of ether oxygens (including phenoxy) is 1. The molecule has 4 heteroatoms. The molecule has 4 nitrogen and oxygen atoms in total. The first kappa shape index (κ1) is 27.3. The van der Waals surface area contributed by atoms with E-state index in [9.17, 15) is 9.90 Å². The van der Waals surface area contributed by atoms with Crippen molar-refractivity contribution in [3.63, 3.8) is 0 Å². The molecule has 0 heterocycles. The van der Waals surface area contributed by atoms with Crippen molar-refractivity contribution < 1.29 is 14.6 Å². The summed E-state index contributed by atoms with van der Waals surface area (Å²) in [4.78, 5) is 14.9. The molecule has 2 rings (SSSR count). The van der Waals surface area contributed by atoms with Crippen molar-refractivity contribution in [3.05, 3.63) is 59.2 Å². The number of phenolic OH excluding ortho intramolecular Hbond substituents is 1. The van der Waals surface area contributed by atoms with Crippen molar-refractivity contribution in [1.82, 2.24) is 0 Å². The molecule has 0 radical (unpaired) electrons. The highest BCUT2D eigenvalue weighted by Gasteiger charge is 2.26. The zero-order valence-electron chi connectivity index (χ0n) is 21.6. The third kappa shape index (κ3) is 9.14. The van der Waals surface area contributed by atoms with E-state index in [4.69, 9.17) is 4.74 Å². The number of unbranched alkanes of at least 4 members (excludes halogenated alkanes) is 4. The van der Waals surface area contributed by atoms with Gasteiger partial charge in [-0.2, -0.15) is 0 Å². The first-order chi connectivity index (χ1) is 16.2. The number of rotatable bonds is 10. The van der Waals surface area contributed by atoms with E-state index in [0.717, 1.165) is 61.6 Å². The fourth-order valence-corrected chi connectivity index (χ4v) is 3.76. The maximum atomic E-state index is 13.3. The summed E-state index contributed by atoms with van der Waals surface area (Å²) in [6, 6.07) is 13.6. The van der Waals surface area contributed by atoms with Crippen LogP contribution in [0.5, 0.6) is 5.75 Å². The van der Waals surface area contributed by atoms with Gasteiger partial charge in [0.25, 0.3) is 0 Å². The van der Waals surface area contributed by atoms with Gasteiger partial charge in [-0.1, -0.05) is 69.6 Å². The lowest BCUT2D eigenvalue weighted by atomic mass is 9.98. The Balaban J connectivity index is 2.47. The monoisotopic (exact) mass is 463 g/mol. The van der Waals surface area contributed by atoms with Crippen LogP contribution in [0.15, 0.2) is 42.5 Å². The Morgan fingerprint density at radius 1 is 0.971 bits per heavy atom. The number of aromatic hydroxyl groups is 1. The summed E-state index contributed by atoms with van der Waals surface area (Å²) in [6.07, 6.45) is 7.55. The summed E-state index contributed by atoms with van der Waals surface area (Å²) in [5.74, 6) is 6.54. The first-order valence-electron chi connectivity index (χ1n) is 12.6. The van der Waals surface area contributed by atoms with Crippen LogP contribution in [0.25, 0.3) is 0 Å². The maximum Gasteiger partial charge on any atom is 0.415 e. The number of nitrogens with zero attached hydrogens (tertiary/aromatic N) is 1. The lowest BCUT2D eigenvalue weighted by Crippen LogP contribution is -2.37. The smallest absolute Gasteiger partial charge is 0.415 e. The number of hydrogen-bond acceptors (Lipinski definition) is 3. The minimum absolute atomic E-state index is 0.183. The lowest BCUT2D eigenvalue weighted by molar-refractivity contribution is 0.0585. The van der Waals surface area contributed by atoms with Crippen molar-refractivity contribution in [2.24, 2.45) is 0 Å². The molecule has 0 saturated heterocycles. The van der Waals surface area contributed by atoms with Gasteiger partial charge >= 0.3 is 6.09 Å². The molecular weight excluding hydrogens is 422 g/mol. The molecule has 0 aromatic heterocycles. The number of amides is 1. The number of phenols is 1. The summed E-state index contributed by atoms with van der Waals surface area (Å²) in [7, 11) is 0. The van der Waals surface area contributed by atoms with Crippen LogP contribution in [0.1, 0.15) is 89.8 Å². The maximum absolute atomic E-state index is 13.3. The zero-order chi connectivity index (χ0) is 25.0. The molecule has 0 bridgehead atoms. The molecule has 0 fully saturated rings. The van der Waals surface area contributed by atoms with Crippen molar-refractivity contribution in [1.29, 1.82) is 0 Å². The van der Waals surface area contributed by atoms with Crippen molar-refractivity contribution >= 4 is 11.8 Å². The molecule has 0 spiro atoms. The molecule has 1 amide bonds. The third-order valence-corrected chi connectivity index (χ3v) is 5.51. The number of anilines is 1. The molecule has 34 heavy (non-hydrogen) atoms. The largest absolute Gasteiger partial charge is 0.508 e. The predicted octanol–water partition coefficient (Wildman–Crippen LogP) is 7.65. The van der Waals surface area contributed by atoms with Gasteiger partial charge in [0, 0.05) is 11.1 Å². The Hall–Kier alpha value is -2.93. The Kier molecular flexibility index (Phi) is 11.0. The Bertz CT molecular complexity index is 964. The van der Waals surface area contributed by atoms with Crippen molar-refractivity contribution in [3.8, 4) is 17.6 Å². The van der Waals surface area contributed by atoms with E-state index in [1.54, 1.807) is 4.90 Å². The normalized spacial score (nSPS) is 11.0. The van der Waals surface area contributed by atoms with Gasteiger partial charge in [0.1, 0.15) is 11.4 Å². The van der Waals surface area contributed by atoms with Crippen LogP contribution in [0.2, 0.25) is 0 Å². The minimum atomic E-state index is -0.634. The van der Waals surface area contributed by atoms with Gasteiger partial charge in [-0.15, -0.1) is 0 Å². The first-order valence-corrected chi connectivity index (χ1v) is 12.6. The van der Waals surface area contributed by atoms with Crippen LogP contribution in [0.3, 0.4) is 0 Å². The van der Waals surface area contributed by atoms with E-state index in [2.05, 4.69) is 25.7 Å². The highest BCUT2D eigenvalue weighted by Crippen LogP contribution is 2.34. The Morgan fingerprint density at radius 2 is 1.68 bits per heavy atom. The van der Waals surface area contributed by atoms with Gasteiger partial charge in [0.2, 0.25) is 0 Å². The third-order valence-electron chi connectivity index (χ3n) is 5.51. The van der Waals surface area contributed by atoms with E-state index in [1.807, 2.05) is 63.2 Å². The number of aryl methyl sites for hydroxylation is 1. The van der Waals surface area contributed by atoms with E-state index >= 15 is 0 Å². The lowest BCUT2D eigenvalue weighted by Gasteiger charge is -2.28. The Morgan fingerprint density at radius 3 is 2.32 bits per heavy atom. The van der Waals surface area contributed by atoms with Gasteiger partial charge in [-0.05, 0) is 76.3 Å². The van der Waals surface area contributed by atoms with Crippen LogP contribution in [0, 0.1) is 11.8 Å². The fourth-order valence-electron chi connectivity index (χ4n) is 3.76. The summed E-state index contributed by atoms with van der Waals surface area (Å²) in [5, 5.41) is 11.0. The van der Waals surface area contributed by atoms with Gasteiger partial charge in [0.15, 0.2) is 0 Å². The predicted molar refractivity (Wildman–Crippen MR) is 141 cm³/mol. The van der Waals surface area contributed by atoms with Crippen LogP contribution in [-0.2, 0) is 17.6 Å². The van der Waals surface area contributed by atoms with E-state index in [1.165, 1.54) is 0 Å². The summed E-state index contributed by atoms with van der Waals surface area (Å²) >= 11 is 0. The molecule has 2 aromatic carbocycles. The van der Waals surface area contributed by atoms with Crippen LogP contribution < -0.4 is 4.90 Å². The summed E-state index contributed by atoms with van der Waals surface area (Å²) < 4.78 is 5.75. The van der Waals surface area contributed by atoms with E-state index in [-0.39, 0.29) is 12.3 Å². The van der Waals surface area contributed by atoms with Gasteiger partial charge in [0.05, 0.1) is 12.2 Å². The van der Waals surface area contributed by atoms with Gasteiger partial charge in [-0.25, -0.2) is 4.79 Å². The molecule has 0 saturated carbocycles. The van der Waals surface area contributed by atoms with Gasteiger partial charge < -0.3 is 9.84 Å². The standard InChI is InChI=1S/C30H41NO3/c1-6-8-10-14-20-26-27(22-25(16-9-7-2)23-28(26)32)31(29(33)34-30(3,4)5)21-15-19-24-17-12-11-13-18-24/h11-13,17-18,22-23,32H,6-10,14,16,20-21H2,1-5H3. The molecule has 0 unspecified atom stereocenters. The number of hydrogen-bond donors (Lipinski definition) is 1. The number of carbonyl (C=O) groups excluding carboxylic acids is 1. The van der Waals surface area contributed by atoms with E-state index < -0.39 is 11.7 Å². The molecular formula is C30H41NO3. The van der Waals surface area contributed by atoms with Crippen LogP contribution >= 0.6 is 0 Å². The molecule has 2 aromatic rings. The van der Waals surface area contributed by atoms with E-state index in [0.29, 0.717) is 12.1 Å². The topological polar surface area (TPSA) is 49.8 Å². The SMILES string of the molecule is CCCCCCc1c(O)cc(CCCC)cc1N(CC#Cc1ccccc1)C(=O)OC(C)(C)C. The second kappa shape index (κ2) is 13.7. The molecule has 0 atom stereocenters. The molecule has 184 valence electrons. The second-order valence-corrected chi connectivity index (χ2v) is 9.76. The zero-order valence-corrected chi connectivity index (χ0v) is 21.6. The highest BCUT2D eigenvalue weighted by molar-refractivity contribution is 5.90. The second-order valence-electron chi connectivity index (χ2n) is 9.76. The minimum Gasteiger partial charge on any atom is -0.508 e. The molecule has 0 aliphatic rings. The summed E-state index contributed by atoms with van der Waals surface area (Å²) in [6.45, 7) is 10.1. The molecule has 1 N–H and O–H groups in total. The van der Waals surface area contributed by atoms with Crippen molar-refractivity contribution in [2.75, 3.05) is 11.4 Å². The summed E-state index contributed by atoms with van der Waals surface area (Å²) in [5.41, 5.74) is 2.79.